The van der Waals surface area contributed by atoms with Gasteiger partial charge in [0.05, 0.1) is 19.0 Å². The van der Waals surface area contributed by atoms with E-state index in [1.54, 1.807) is 73.8 Å². The van der Waals surface area contributed by atoms with E-state index in [0.29, 0.717) is 40.0 Å². The lowest BCUT2D eigenvalue weighted by molar-refractivity contribution is 0.0951. The van der Waals surface area contributed by atoms with Gasteiger partial charge in [-0.25, -0.2) is 0 Å². The van der Waals surface area contributed by atoms with Crippen LogP contribution in [0, 0.1) is 6.92 Å². The molecule has 1 heterocycles. The van der Waals surface area contributed by atoms with E-state index in [9.17, 15) is 9.59 Å². The van der Waals surface area contributed by atoms with Crippen molar-refractivity contribution >= 4 is 28.9 Å². The number of benzene rings is 4. The summed E-state index contributed by atoms with van der Waals surface area (Å²) < 4.78 is 12.6. The average Bonchev–Trinajstić information content (AvgIpc) is 3.00. The first-order chi connectivity index (χ1) is 19.9. The fourth-order valence-corrected chi connectivity index (χ4v) is 4.23. The van der Waals surface area contributed by atoms with E-state index in [-0.39, 0.29) is 17.3 Å². The van der Waals surface area contributed by atoms with E-state index < -0.39 is 5.56 Å². The summed E-state index contributed by atoms with van der Waals surface area (Å²) in [5.41, 5.74) is 3.02. The number of carbonyl (C=O) groups is 1. The standard InChI is InChI=1S/C32H27ClN4O4/c1-21-17-27(15-16-28(21)33)41-29-20-35-37(25-11-13-26(40-2)14-12-25)32(39)30(29)36-24-10-6-9-23(18-24)31(38)34-19-22-7-4-3-5-8-22/h3-18,20,36H,19H2,1-2H3,(H,34,38). The number of methoxy groups -OCH3 is 1. The van der Waals surface area contributed by atoms with Gasteiger partial charge in [-0.1, -0.05) is 48.0 Å². The molecule has 0 aliphatic heterocycles. The zero-order valence-corrected chi connectivity index (χ0v) is 23.2. The van der Waals surface area contributed by atoms with Gasteiger partial charge < -0.3 is 20.1 Å². The highest BCUT2D eigenvalue weighted by atomic mass is 35.5. The predicted octanol–water partition coefficient (Wildman–Crippen LogP) is 6.67. The average molecular weight is 567 g/mol. The number of aromatic nitrogens is 2. The van der Waals surface area contributed by atoms with Crippen LogP contribution in [0.2, 0.25) is 5.02 Å². The van der Waals surface area contributed by atoms with Gasteiger partial charge >= 0.3 is 0 Å². The van der Waals surface area contributed by atoms with E-state index in [4.69, 9.17) is 21.1 Å². The van der Waals surface area contributed by atoms with Crippen molar-refractivity contribution in [2.24, 2.45) is 0 Å². The molecule has 2 N–H and O–H groups in total. The number of aryl methyl sites for hydroxylation is 1. The molecule has 0 atom stereocenters. The number of nitrogens with zero attached hydrogens (tertiary/aromatic N) is 2. The molecule has 0 saturated heterocycles. The molecule has 0 aliphatic carbocycles. The van der Waals surface area contributed by atoms with Crippen LogP contribution < -0.4 is 25.7 Å². The fraction of sp³-hybridized carbons (Fsp3) is 0.0938. The molecule has 0 radical (unpaired) electrons. The molecule has 9 heteroatoms. The van der Waals surface area contributed by atoms with E-state index in [2.05, 4.69) is 15.7 Å². The van der Waals surface area contributed by atoms with Crippen LogP contribution in [0.1, 0.15) is 21.5 Å². The van der Waals surface area contributed by atoms with Crippen LogP contribution in [0.3, 0.4) is 0 Å². The van der Waals surface area contributed by atoms with Crippen molar-refractivity contribution in [3.05, 3.63) is 135 Å². The van der Waals surface area contributed by atoms with Crippen LogP contribution in [0.25, 0.3) is 5.69 Å². The monoisotopic (exact) mass is 566 g/mol. The van der Waals surface area contributed by atoms with Crippen LogP contribution >= 0.6 is 11.6 Å². The Morgan fingerprint density at radius 3 is 2.41 bits per heavy atom. The van der Waals surface area contributed by atoms with Gasteiger partial charge in [0.2, 0.25) is 0 Å². The number of nitrogens with one attached hydrogen (secondary N) is 2. The summed E-state index contributed by atoms with van der Waals surface area (Å²) >= 11 is 6.18. The molecule has 0 spiro atoms. The molecule has 206 valence electrons. The number of anilines is 2. The minimum absolute atomic E-state index is 0.144. The topological polar surface area (TPSA) is 94.5 Å². The highest BCUT2D eigenvalue weighted by Crippen LogP contribution is 2.31. The number of hydrogen-bond donors (Lipinski definition) is 2. The van der Waals surface area contributed by atoms with Gasteiger partial charge in [-0.3, -0.25) is 9.59 Å². The molecule has 0 saturated carbocycles. The van der Waals surface area contributed by atoms with E-state index in [0.717, 1.165) is 11.1 Å². The van der Waals surface area contributed by atoms with Gasteiger partial charge in [-0.2, -0.15) is 9.78 Å². The third-order valence-corrected chi connectivity index (χ3v) is 6.73. The Morgan fingerprint density at radius 2 is 1.68 bits per heavy atom. The summed E-state index contributed by atoms with van der Waals surface area (Å²) in [6.45, 7) is 2.26. The van der Waals surface area contributed by atoms with Gasteiger partial charge in [-0.15, -0.1) is 0 Å². The number of carbonyl (C=O) groups excluding carboxylic acids is 1. The maximum atomic E-state index is 13.8. The Bertz CT molecular complexity index is 1740. The summed E-state index contributed by atoms with van der Waals surface area (Å²) in [6.07, 6.45) is 1.47. The number of ether oxygens (including phenoxy) is 2. The molecule has 1 aromatic heterocycles. The first kappa shape index (κ1) is 27.5. The largest absolute Gasteiger partial charge is 0.497 e. The third kappa shape index (κ3) is 6.57. The Hall–Kier alpha value is -5.08. The van der Waals surface area contributed by atoms with Crippen molar-refractivity contribution in [1.82, 2.24) is 15.1 Å². The fourth-order valence-electron chi connectivity index (χ4n) is 4.11. The Balaban J connectivity index is 1.47. The van der Waals surface area contributed by atoms with Crippen molar-refractivity contribution < 1.29 is 14.3 Å². The van der Waals surface area contributed by atoms with E-state index >= 15 is 0 Å². The van der Waals surface area contributed by atoms with Crippen LogP contribution in [0.4, 0.5) is 11.4 Å². The van der Waals surface area contributed by atoms with Gasteiger partial charge in [0.15, 0.2) is 11.4 Å². The maximum absolute atomic E-state index is 13.8. The molecule has 8 nitrogen and oxygen atoms in total. The first-order valence-corrected chi connectivity index (χ1v) is 13.2. The number of rotatable bonds is 9. The van der Waals surface area contributed by atoms with Crippen LogP contribution in [-0.2, 0) is 6.54 Å². The molecule has 1 amide bonds. The van der Waals surface area contributed by atoms with Crippen LogP contribution in [0.5, 0.6) is 17.2 Å². The SMILES string of the molecule is COc1ccc(-n2ncc(Oc3ccc(Cl)c(C)c3)c(Nc3cccc(C(=O)NCc4ccccc4)c3)c2=O)cc1. The summed E-state index contributed by atoms with van der Waals surface area (Å²) in [5, 5.41) is 11.0. The molecule has 0 unspecified atom stereocenters. The first-order valence-electron chi connectivity index (χ1n) is 12.8. The lowest BCUT2D eigenvalue weighted by Crippen LogP contribution is -2.24. The van der Waals surface area contributed by atoms with E-state index in [1.807, 2.05) is 37.3 Å². The lowest BCUT2D eigenvalue weighted by atomic mass is 10.1. The summed E-state index contributed by atoms with van der Waals surface area (Å²) in [6, 6.07) is 28.7. The van der Waals surface area contributed by atoms with E-state index in [1.165, 1.54) is 10.9 Å². The van der Waals surface area contributed by atoms with Crippen molar-refractivity contribution in [3.8, 4) is 22.9 Å². The number of amides is 1. The Labute approximate surface area is 242 Å². The van der Waals surface area contributed by atoms with Gasteiger partial charge in [-0.05, 0) is 78.7 Å². The zero-order valence-electron chi connectivity index (χ0n) is 22.4. The smallest absolute Gasteiger partial charge is 0.299 e. The molecule has 41 heavy (non-hydrogen) atoms. The minimum Gasteiger partial charge on any atom is -0.497 e. The second-order valence-corrected chi connectivity index (χ2v) is 9.59. The van der Waals surface area contributed by atoms with Crippen molar-refractivity contribution in [1.29, 1.82) is 0 Å². The van der Waals surface area contributed by atoms with Gasteiger partial charge in [0, 0.05) is 22.8 Å². The Kier molecular flexibility index (Phi) is 8.31. The molecule has 0 bridgehead atoms. The molecule has 0 fully saturated rings. The number of hydrogen-bond acceptors (Lipinski definition) is 6. The molecule has 5 rings (SSSR count). The van der Waals surface area contributed by atoms with Crippen LogP contribution in [-0.4, -0.2) is 22.8 Å². The van der Waals surface area contributed by atoms with Crippen molar-refractivity contribution in [3.63, 3.8) is 0 Å². The Morgan fingerprint density at radius 1 is 0.927 bits per heavy atom. The van der Waals surface area contributed by atoms with Gasteiger partial charge in [0.25, 0.3) is 11.5 Å². The zero-order chi connectivity index (χ0) is 28.8. The lowest BCUT2D eigenvalue weighted by Gasteiger charge is -2.15. The molecular formula is C32H27ClN4O4. The summed E-state index contributed by atoms with van der Waals surface area (Å²) in [7, 11) is 1.57. The summed E-state index contributed by atoms with van der Waals surface area (Å²) in [5.74, 6) is 1.12. The van der Waals surface area contributed by atoms with Gasteiger partial charge in [0.1, 0.15) is 11.5 Å². The summed E-state index contributed by atoms with van der Waals surface area (Å²) in [4.78, 5) is 26.7. The highest BCUT2D eigenvalue weighted by Gasteiger charge is 2.17. The minimum atomic E-state index is -0.447. The third-order valence-electron chi connectivity index (χ3n) is 6.31. The molecule has 0 aliphatic rings. The second kappa shape index (κ2) is 12.4. The molecule has 4 aromatic carbocycles. The number of halogens is 1. The second-order valence-electron chi connectivity index (χ2n) is 9.19. The highest BCUT2D eigenvalue weighted by molar-refractivity contribution is 6.31. The van der Waals surface area contributed by atoms with Crippen LogP contribution in [0.15, 0.2) is 108 Å². The van der Waals surface area contributed by atoms with Crippen molar-refractivity contribution in [2.45, 2.75) is 13.5 Å². The van der Waals surface area contributed by atoms with Crippen molar-refractivity contribution in [2.75, 3.05) is 12.4 Å². The molecular weight excluding hydrogens is 540 g/mol. The maximum Gasteiger partial charge on any atom is 0.299 e. The quantitative estimate of drug-likeness (QED) is 0.207. The predicted molar refractivity (Wildman–Crippen MR) is 160 cm³/mol. The molecule has 5 aromatic rings. The normalized spacial score (nSPS) is 10.6.